The molecule has 2 heterocycles. The van der Waals surface area contributed by atoms with Crippen LogP contribution >= 0.6 is 0 Å². The SMILES string of the molecule is CC(C)C1CCN(C(=O)c2cnn(C)c2N)C1. The first kappa shape index (κ1) is 12.0. The number of nitrogens with two attached hydrogens (primary N) is 1. The molecule has 0 aromatic carbocycles. The van der Waals surface area contributed by atoms with Gasteiger partial charge in [-0.1, -0.05) is 13.8 Å². The predicted octanol–water partition coefficient (Wildman–Crippen LogP) is 1.12. The number of amides is 1. The van der Waals surface area contributed by atoms with Gasteiger partial charge in [-0.15, -0.1) is 0 Å². The number of hydrogen-bond acceptors (Lipinski definition) is 3. The first-order valence-electron chi connectivity index (χ1n) is 6.07. The van der Waals surface area contributed by atoms with Gasteiger partial charge in [0.05, 0.1) is 6.20 Å². The van der Waals surface area contributed by atoms with Crippen molar-refractivity contribution in [1.82, 2.24) is 14.7 Å². The zero-order chi connectivity index (χ0) is 12.6. The van der Waals surface area contributed by atoms with Gasteiger partial charge in [-0.2, -0.15) is 5.10 Å². The largest absolute Gasteiger partial charge is 0.383 e. The zero-order valence-corrected chi connectivity index (χ0v) is 10.7. The van der Waals surface area contributed by atoms with E-state index in [1.165, 1.54) is 4.68 Å². The Bertz CT molecular complexity index is 424. The van der Waals surface area contributed by atoms with Crippen LogP contribution in [0.15, 0.2) is 6.20 Å². The normalized spacial score (nSPS) is 20.2. The van der Waals surface area contributed by atoms with Crippen molar-refractivity contribution < 1.29 is 4.79 Å². The Balaban J connectivity index is 2.10. The lowest BCUT2D eigenvalue weighted by Gasteiger charge is -2.17. The van der Waals surface area contributed by atoms with Crippen molar-refractivity contribution in [2.45, 2.75) is 20.3 Å². The summed E-state index contributed by atoms with van der Waals surface area (Å²) < 4.78 is 1.53. The van der Waals surface area contributed by atoms with Gasteiger partial charge >= 0.3 is 0 Å². The summed E-state index contributed by atoms with van der Waals surface area (Å²) in [6, 6.07) is 0. The van der Waals surface area contributed by atoms with E-state index in [4.69, 9.17) is 5.73 Å². The summed E-state index contributed by atoms with van der Waals surface area (Å²) in [6.45, 7) is 6.08. The van der Waals surface area contributed by atoms with E-state index in [9.17, 15) is 4.79 Å². The quantitative estimate of drug-likeness (QED) is 0.837. The molecule has 1 aromatic rings. The van der Waals surface area contributed by atoms with Crippen molar-refractivity contribution in [2.24, 2.45) is 18.9 Å². The number of aryl methyl sites for hydroxylation is 1. The molecule has 0 spiro atoms. The van der Waals surface area contributed by atoms with Crippen LogP contribution in [0.2, 0.25) is 0 Å². The smallest absolute Gasteiger partial charge is 0.259 e. The number of nitrogen functional groups attached to an aromatic ring is 1. The van der Waals surface area contributed by atoms with E-state index >= 15 is 0 Å². The van der Waals surface area contributed by atoms with Crippen LogP contribution in [0.5, 0.6) is 0 Å². The monoisotopic (exact) mass is 236 g/mol. The van der Waals surface area contributed by atoms with Crippen LogP contribution in [0.3, 0.4) is 0 Å². The topological polar surface area (TPSA) is 64.2 Å². The minimum Gasteiger partial charge on any atom is -0.383 e. The van der Waals surface area contributed by atoms with Crippen LogP contribution in [-0.2, 0) is 7.05 Å². The molecule has 17 heavy (non-hydrogen) atoms. The Morgan fingerprint density at radius 1 is 1.59 bits per heavy atom. The van der Waals surface area contributed by atoms with Crippen LogP contribution < -0.4 is 5.73 Å². The molecule has 2 N–H and O–H groups in total. The van der Waals surface area contributed by atoms with Gasteiger partial charge in [0, 0.05) is 20.1 Å². The lowest BCUT2D eigenvalue weighted by atomic mass is 9.95. The maximum absolute atomic E-state index is 12.2. The molecule has 1 saturated heterocycles. The fraction of sp³-hybridized carbons (Fsp3) is 0.667. The summed E-state index contributed by atoms with van der Waals surface area (Å²) in [5.74, 6) is 1.69. The van der Waals surface area contributed by atoms with Crippen LogP contribution in [0.25, 0.3) is 0 Å². The van der Waals surface area contributed by atoms with Gasteiger partial charge in [-0.05, 0) is 18.3 Å². The van der Waals surface area contributed by atoms with Gasteiger partial charge in [0.1, 0.15) is 11.4 Å². The molecule has 5 nitrogen and oxygen atoms in total. The third-order valence-electron chi connectivity index (χ3n) is 3.67. The predicted molar refractivity (Wildman–Crippen MR) is 66.5 cm³/mol. The fourth-order valence-corrected chi connectivity index (χ4v) is 2.30. The lowest BCUT2D eigenvalue weighted by Crippen LogP contribution is -2.29. The first-order chi connectivity index (χ1) is 8.00. The highest BCUT2D eigenvalue weighted by Gasteiger charge is 2.30. The van der Waals surface area contributed by atoms with E-state index in [0.29, 0.717) is 23.2 Å². The fourth-order valence-electron chi connectivity index (χ4n) is 2.30. The number of carbonyl (C=O) groups excluding carboxylic acids is 1. The molecular weight excluding hydrogens is 216 g/mol. The molecule has 1 amide bonds. The summed E-state index contributed by atoms with van der Waals surface area (Å²) in [7, 11) is 1.74. The lowest BCUT2D eigenvalue weighted by molar-refractivity contribution is 0.0785. The van der Waals surface area contributed by atoms with E-state index in [2.05, 4.69) is 18.9 Å². The highest BCUT2D eigenvalue weighted by molar-refractivity contribution is 5.98. The average Bonchev–Trinajstić information content (AvgIpc) is 2.87. The molecule has 0 aliphatic carbocycles. The average molecular weight is 236 g/mol. The second-order valence-electron chi connectivity index (χ2n) is 5.11. The summed E-state index contributed by atoms with van der Waals surface area (Å²) in [5.41, 5.74) is 6.34. The Morgan fingerprint density at radius 2 is 2.29 bits per heavy atom. The molecule has 2 rings (SSSR count). The van der Waals surface area contributed by atoms with Crippen molar-refractivity contribution in [3.63, 3.8) is 0 Å². The highest BCUT2D eigenvalue weighted by Crippen LogP contribution is 2.25. The second-order valence-corrected chi connectivity index (χ2v) is 5.11. The molecule has 1 unspecified atom stereocenters. The molecule has 0 radical (unpaired) electrons. The summed E-state index contributed by atoms with van der Waals surface area (Å²) >= 11 is 0. The number of rotatable bonds is 2. The number of carbonyl (C=O) groups is 1. The zero-order valence-electron chi connectivity index (χ0n) is 10.7. The Morgan fingerprint density at radius 3 is 2.76 bits per heavy atom. The number of anilines is 1. The van der Waals surface area contributed by atoms with Crippen LogP contribution in [-0.4, -0.2) is 33.7 Å². The maximum atomic E-state index is 12.2. The van der Waals surface area contributed by atoms with E-state index in [1.807, 2.05) is 4.90 Å². The van der Waals surface area contributed by atoms with Crippen LogP contribution in [0, 0.1) is 11.8 Å². The Labute approximate surface area is 102 Å². The maximum Gasteiger partial charge on any atom is 0.259 e. The standard InChI is InChI=1S/C12H20N4O/c1-8(2)9-4-5-16(7-9)12(17)10-6-14-15(3)11(10)13/h6,8-9H,4-5,7,13H2,1-3H3. The minimum atomic E-state index is 0.0127. The van der Waals surface area contributed by atoms with Gasteiger partial charge in [-0.25, -0.2) is 0 Å². The van der Waals surface area contributed by atoms with Crippen molar-refractivity contribution in [2.75, 3.05) is 18.8 Å². The molecule has 1 aliphatic rings. The van der Waals surface area contributed by atoms with E-state index in [0.717, 1.165) is 19.5 Å². The number of aromatic nitrogens is 2. The van der Waals surface area contributed by atoms with Crippen molar-refractivity contribution in [1.29, 1.82) is 0 Å². The molecule has 1 aliphatic heterocycles. The molecule has 0 bridgehead atoms. The molecule has 5 heteroatoms. The van der Waals surface area contributed by atoms with Crippen molar-refractivity contribution in [3.05, 3.63) is 11.8 Å². The van der Waals surface area contributed by atoms with Gasteiger partial charge in [0.2, 0.25) is 0 Å². The Kier molecular flexibility index (Phi) is 3.09. The van der Waals surface area contributed by atoms with Crippen molar-refractivity contribution >= 4 is 11.7 Å². The molecule has 1 fully saturated rings. The third kappa shape index (κ3) is 2.14. The third-order valence-corrected chi connectivity index (χ3v) is 3.67. The minimum absolute atomic E-state index is 0.0127. The first-order valence-corrected chi connectivity index (χ1v) is 6.07. The Hall–Kier alpha value is -1.52. The van der Waals surface area contributed by atoms with Crippen LogP contribution in [0.4, 0.5) is 5.82 Å². The van der Waals surface area contributed by atoms with Gasteiger partial charge in [0.15, 0.2) is 0 Å². The van der Waals surface area contributed by atoms with E-state index in [-0.39, 0.29) is 5.91 Å². The summed E-state index contributed by atoms with van der Waals surface area (Å²) in [6.07, 6.45) is 2.64. The number of likely N-dealkylation sites (tertiary alicyclic amines) is 1. The highest BCUT2D eigenvalue weighted by atomic mass is 16.2. The van der Waals surface area contributed by atoms with Gasteiger partial charge in [0.25, 0.3) is 5.91 Å². The summed E-state index contributed by atoms with van der Waals surface area (Å²) in [4.78, 5) is 14.1. The number of nitrogens with zero attached hydrogens (tertiary/aromatic N) is 3. The number of hydrogen-bond donors (Lipinski definition) is 1. The van der Waals surface area contributed by atoms with Crippen molar-refractivity contribution in [3.8, 4) is 0 Å². The molecule has 1 aromatic heterocycles. The molecular formula is C12H20N4O. The van der Waals surface area contributed by atoms with Gasteiger partial charge in [-0.3, -0.25) is 9.48 Å². The van der Waals surface area contributed by atoms with Crippen LogP contribution in [0.1, 0.15) is 30.6 Å². The van der Waals surface area contributed by atoms with E-state index < -0.39 is 0 Å². The summed E-state index contributed by atoms with van der Waals surface area (Å²) in [5, 5.41) is 4.01. The van der Waals surface area contributed by atoms with Gasteiger partial charge < -0.3 is 10.6 Å². The molecule has 1 atom stereocenters. The molecule has 94 valence electrons. The second kappa shape index (κ2) is 4.39. The van der Waals surface area contributed by atoms with E-state index in [1.54, 1.807) is 13.2 Å². The molecule has 0 saturated carbocycles.